The molecule has 1 amide bonds. The summed E-state index contributed by atoms with van der Waals surface area (Å²) in [6.07, 6.45) is 2.32. The molecule has 8 heteroatoms. The van der Waals surface area contributed by atoms with Crippen LogP contribution in [0.2, 0.25) is 0 Å². The quantitative estimate of drug-likeness (QED) is 0.470. The molecule has 0 atom stereocenters. The number of benzene rings is 1. The zero-order valence-corrected chi connectivity index (χ0v) is 16.9. The van der Waals surface area contributed by atoms with E-state index in [4.69, 9.17) is 14.7 Å². The lowest BCUT2D eigenvalue weighted by Gasteiger charge is -2.32. The van der Waals surface area contributed by atoms with Crippen molar-refractivity contribution in [1.82, 2.24) is 5.32 Å². The average Bonchev–Trinajstić information content (AvgIpc) is 2.80. The van der Waals surface area contributed by atoms with E-state index in [0.29, 0.717) is 5.46 Å². The molecule has 146 valence electrons. The molecular formula is C19H27BFN3O3. The fourth-order valence-electron chi connectivity index (χ4n) is 2.80. The molecule has 2 rings (SSSR count). The Morgan fingerprint density at radius 3 is 2.30 bits per heavy atom. The summed E-state index contributed by atoms with van der Waals surface area (Å²) in [5, 5.41) is 9.84. The molecule has 1 saturated heterocycles. The Labute approximate surface area is 160 Å². The lowest BCUT2D eigenvalue weighted by atomic mass is 9.76. The molecule has 2 N–H and O–H groups in total. The summed E-state index contributed by atoms with van der Waals surface area (Å²) in [5.74, 6) is -0.992. The normalized spacial score (nSPS) is 18.4. The first kappa shape index (κ1) is 21.1. The standard InChI is InChI=1S/C19H27BFN3O3/c1-12-10-16(24(7)17(25)15(23-6)8-9-22)14(21)11-13(12)20-26-18(2,3)19(4,5)27-20/h8-11,22-23H,1-7H3/b15-8-,22-9?. The van der Waals surface area contributed by atoms with E-state index >= 15 is 0 Å². The van der Waals surface area contributed by atoms with Gasteiger partial charge in [-0.3, -0.25) is 4.79 Å². The van der Waals surface area contributed by atoms with Crippen molar-refractivity contribution in [2.75, 3.05) is 19.0 Å². The van der Waals surface area contributed by atoms with Gasteiger partial charge in [-0.05, 0) is 63.9 Å². The van der Waals surface area contributed by atoms with E-state index in [1.54, 1.807) is 13.1 Å². The van der Waals surface area contributed by atoms with E-state index in [1.807, 2.05) is 34.6 Å². The van der Waals surface area contributed by atoms with Crippen molar-refractivity contribution in [3.63, 3.8) is 0 Å². The molecule has 0 bridgehead atoms. The fraction of sp³-hybridized carbons (Fsp3) is 0.474. The van der Waals surface area contributed by atoms with Crippen LogP contribution in [0.15, 0.2) is 23.9 Å². The van der Waals surface area contributed by atoms with Gasteiger partial charge in [-0.2, -0.15) is 0 Å². The van der Waals surface area contributed by atoms with Gasteiger partial charge in [0.2, 0.25) is 0 Å². The number of likely N-dealkylation sites (N-methyl/N-ethyl adjacent to an activating group) is 2. The first-order valence-corrected chi connectivity index (χ1v) is 8.77. The summed E-state index contributed by atoms with van der Waals surface area (Å²) in [5.41, 5.74) is 0.644. The Balaban J connectivity index is 2.37. The van der Waals surface area contributed by atoms with Gasteiger partial charge in [0, 0.05) is 20.3 Å². The monoisotopic (exact) mass is 375 g/mol. The summed E-state index contributed by atoms with van der Waals surface area (Å²) in [7, 11) is 2.39. The van der Waals surface area contributed by atoms with Gasteiger partial charge in [0.15, 0.2) is 0 Å². The molecular weight excluding hydrogens is 348 g/mol. The smallest absolute Gasteiger partial charge is 0.399 e. The largest absolute Gasteiger partial charge is 0.495 e. The molecule has 0 radical (unpaired) electrons. The van der Waals surface area contributed by atoms with Crippen molar-refractivity contribution < 1.29 is 18.5 Å². The lowest BCUT2D eigenvalue weighted by molar-refractivity contribution is -0.115. The van der Waals surface area contributed by atoms with E-state index in [1.165, 1.54) is 24.1 Å². The van der Waals surface area contributed by atoms with E-state index < -0.39 is 30.0 Å². The minimum atomic E-state index is -0.676. The van der Waals surface area contributed by atoms with Crippen LogP contribution in [-0.2, 0) is 14.1 Å². The van der Waals surface area contributed by atoms with Crippen LogP contribution in [0, 0.1) is 18.2 Å². The highest BCUT2D eigenvalue weighted by Gasteiger charge is 2.52. The molecule has 1 heterocycles. The maximum absolute atomic E-state index is 14.8. The second-order valence-corrected chi connectivity index (χ2v) is 7.61. The third kappa shape index (κ3) is 3.91. The summed E-state index contributed by atoms with van der Waals surface area (Å²) in [6.45, 7) is 9.58. The number of hydrogen-bond donors (Lipinski definition) is 2. The molecule has 1 aliphatic rings. The van der Waals surface area contributed by atoms with Gasteiger partial charge in [0.25, 0.3) is 5.91 Å². The van der Waals surface area contributed by atoms with Crippen LogP contribution in [0.1, 0.15) is 33.3 Å². The van der Waals surface area contributed by atoms with Crippen LogP contribution in [0.4, 0.5) is 10.1 Å². The highest BCUT2D eigenvalue weighted by atomic mass is 19.1. The molecule has 1 aromatic rings. The van der Waals surface area contributed by atoms with E-state index in [2.05, 4.69) is 5.32 Å². The van der Waals surface area contributed by atoms with Crippen LogP contribution in [0.25, 0.3) is 0 Å². The summed E-state index contributed by atoms with van der Waals surface area (Å²) < 4.78 is 26.9. The Morgan fingerprint density at radius 1 is 1.26 bits per heavy atom. The number of allylic oxidation sites excluding steroid dienone is 1. The Morgan fingerprint density at radius 2 is 1.81 bits per heavy atom. The maximum atomic E-state index is 14.8. The van der Waals surface area contributed by atoms with Crippen LogP contribution in [0.5, 0.6) is 0 Å². The van der Waals surface area contributed by atoms with E-state index in [9.17, 15) is 9.18 Å². The molecule has 0 aliphatic carbocycles. The number of anilines is 1. The molecule has 1 aliphatic heterocycles. The van der Waals surface area contributed by atoms with E-state index in [0.717, 1.165) is 11.8 Å². The minimum Gasteiger partial charge on any atom is -0.399 e. The highest BCUT2D eigenvalue weighted by molar-refractivity contribution is 6.62. The predicted molar refractivity (Wildman–Crippen MR) is 106 cm³/mol. The maximum Gasteiger partial charge on any atom is 0.495 e. The lowest BCUT2D eigenvalue weighted by Crippen LogP contribution is -2.41. The molecule has 0 spiro atoms. The Hall–Kier alpha value is -2.19. The molecule has 0 aromatic heterocycles. The number of aryl methyl sites for hydroxylation is 1. The second kappa shape index (κ2) is 7.44. The SMILES string of the molecule is CN/C(=C\C=N)C(=O)N(C)c1cc(C)c(B2OC(C)(C)C(C)(C)O2)cc1F. The zero-order valence-electron chi connectivity index (χ0n) is 16.9. The first-order valence-electron chi connectivity index (χ1n) is 8.77. The Kier molecular flexibility index (Phi) is 5.82. The fourth-order valence-corrected chi connectivity index (χ4v) is 2.80. The van der Waals surface area contributed by atoms with Crippen LogP contribution >= 0.6 is 0 Å². The van der Waals surface area contributed by atoms with Crippen molar-refractivity contribution in [3.8, 4) is 0 Å². The van der Waals surface area contributed by atoms with Gasteiger partial charge in [0.1, 0.15) is 11.5 Å². The van der Waals surface area contributed by atoms with Gasteiger partial charge >= 0.3 is 7.12 Å². The van der Waals surface area contributed by atoms with Gasteiger partial charge in [-0.25, -0.2) is 4.39 Å². The molecule has 0 saturated carbocycles. The van der Waals surface area contributed by atoms with Crippen molar-refractivity contribution in [2.45, 2.75) is 45.8 Å². The van der Waals surface area contributed by atoms with Crippen LogP contribution in [-0.4, -0.2) is 44.5 Å². The average molecular weight is 375 g/mol. The topological polar surface area (TPSA) is 74.7 Å². The predicted octanol–water partition coefficient (Wildman–Crippen LogP) is 2.15. The third-order valence-electron chi connectivity index (χ3n) is 5.26. The number of rotatable bonds is 5. The minimum absolute atomic E-state index is 0.142. The summed E-state index contributed by atoms with van der Waals surface area (Å²) >= 11 is 0. The number of amides is 1. The molecule has 27 heavy (non-hydrogen) atoms. The molecule has 1 fully saturated rings. The zero-order chi connectivity index (χ0) is 20.6. The van der Waals surface area contributed by atoms with Gasteiger partial charge in [-0.1, -0.05) is 0 Å². The van der Waals surface area contributed by atoms with Crippen molar-refractivity contribution >= 4 is 30.4 Å². The molecule has 1 aromatic carbocycles. The van der Waals surface area contributed by atoms with Crippen LogP contribution in [0.3, 0.4) is 0 Å². The van der Waals surface area contributed by atoms with Crippen LogP contribution < -0.4 is 15.7 Å². The van der Waals surface area contributed by atoms with E-state index in [-0.39, 0.29) is 11.4 Å². The molecule has 6 nitrogen and oxygen atoms in total. The second-order valence-electron chi connectivity index (χ2n) is 7.61. The first-order chi connectivity index (χ1) is 12.4. The van der Waals surface area contributed by atoms with Crippen molar-refractivity contribution in [1.29, 1.82) is 5.41 Å². The number of nitrogens with one attached hydrogen (secondary N) is 2. The van der Waals surface area contributed by atoms with Gasteiger partial charge in [0.05, 0.1) is 16.9 Å². The number of carbonyl (C=O) groups is 1. The third-order valence-corrected chi connectivity index (χ3v) is 5.26. The number of hydrogen-bond acceptors (Lipinski definition) is 5. The number of halogens is 1. The number of carbonyl (C=O) groups excluding carboxylic acids is 1. The highest BCUT2D eigenvalue weighted by Crippen LogP contribution is 2.37. The van der Waals surface area contributed by atoms with Gasteiger partial charge < -0.3 is 24.9 Å². The summed E-state index contributed by atoms with van der Waals surface area (Å²) in [6, 6.07) is 2.96. The number of nitrogens with zero attached hydrogens (tertiary/aromatic N) is 1. The summed E-state index contributed by atoms with van der Waals surface area (Å²) in [4.78, 5) is 13.7. The molecule has 0 unspecified atom stereocenters. The van der Waals surface area contributed by atoms with Crippen molar-refractivity contribution in [2.24, 2.45) is 0 Å². The van der Waals surface area contributed by atoms with Crippen molar-refractivity contribution in [3.05, 3.63) is 35.3 Å². The van der Waals surface area contributed by atoms with Gasteiger partial charge in [-0.15, -0.1) is 0 Å². The Bertz CT molecular complexity index is 777.